The van der Waals surface area contributed by atoms with Crippen molar-refractivity contribution >= 4 is 0 Å². The maximum atomic E-state index is 3.71. The summed E-state index contributed by atoms with van der Waals surface area (Å²) in [6.45, 7) is 9.95. The lowest BCUT2D eigenvalue weighted by Crippen LogP contribution is -2.45. The molecule has 0 aromatic carbocycles. The van der Waals surface area contributed by atoms with E-state index in [-0.39, 0.29) is 0 Å². The van der Waals surface area contributed by atoms with Gasteiger partial charge in [-0.1, -0.05) is 33.1 Å². The maximum absolute atomic E-state index is 3.71. The molecule has 19 heavy (non-hydrogen) atoms. The van der Waals surface area contributed by atoms with E-state index in [4.69, 9.17) is 0 Å². The third-order valence-corrected chi connectivity index (χ3v) is 4.99. The van der Waals surface area contributed by atoms with E-state index in [2.05, 4.69) is 24.1 Å². The molecule has 1 saturated carbocycles. The fraction of sp³-hybridized carbons (Fsp3) is 1.00. The minimum Gasteiger partial charge on any atom is -0.313 e. The predicted molar refractivity (Wildman–Crippen MR) is 83.5 cm³/mol. The molecule has 1 N–H and O–H groups in total. The van der Waals surface area contributed by atoms with Crippen molar-refractivity contribution in [3.8, 4) is 0 Å². The van der Waals surface area contributed by atoms with Crippen molar-refractivity contribution in [2.24, 2.45) is 11.8 Å². The third kappa shape index (κ3) is 5.43. The van der Waals surface area contributed by atoms with Crippen molar-refractivity contribution < 1.29 is 0 Å². The molecule has 1 saturated heterocycles. The van der Waals surface area contributed by atoms with Gasteiger partial charge in [-0.05, 0) is 57.0 Å². The maximum Gasteiger partial charge on any atom is 0.0195 e. The molecule has 3 unspecified atom stereocenters. The summed E-state index contributed by atoms with van der Waals surface area (Å²) in [5.74, 6) is 1.94. The molecular formula is C17H34N2. The second kappa shape index (κ2) is 8.26. The Bertz CT molecular complexity index is 235. The monoisotopic (exact) mass is 266 g/mol. The fourth-order valence-electron chi connectivity index (χ4n) is 4.06. The van der Waals surface area contributed by atoms with Crippen molar-refractivity contribution in [2.75, 3.05) is 26.2 Å². The molecule has 0 bridgehead atoms. The van der Waals surface area contributed by atoms with Gasteiger partial charge in [0.05, 0.1) is 0 Å². The largest absolute Gasteiger partial charge is 0.313 e. The van der Waals surface area contributed by atoms with Crippen LogP contribution in [0.3, 0.4) is 0 Å². The molecular weight excluding hydrogens is 232 g/mol. The molecule has 2 fully saturated rings. The minimum absolute atomic E-state index is 0.765. The van der Waals surface area contributed by atoms with Crippen LogP contribution in [0, 0.1) is 11.8 Å². The van der Waals surface area contributed by atoms with Crippen molar-refractivity contribution in [1.82, 2.24) is 10.2 Å². The minimum atomic E-state index is 0.765. The van der Waals surface area contributed by atoms with Crippen LogP contribution in [0.15, 0.2) is 0 Å². The highest BCUT2D eigenvalue weighted by Gasteiger charge is 2.23. The normalized spacial score (nSPS) is 32.7. The molecule has 0 aromatic rings. The first-order chi connectivity index (χ1) is 9.28. The summed E-state index contributed by atoms with van der Waals surface area (Å²) in [5.41, 5.74) is 0. The second-order valence-corrected chi connectivity index (χ2v) is 7.04. The van der Waals surface area contributed by atoms with Crippen molar-refractivity contribution in [3.05, 3.63) is 0 Å². The van der Waals surface area contributed by atoms with Crippen LogP contribution in [0.25, 0.3) is 0 Å². The number of rotatable bonds is 6. The summed E-state index contributed by atoms with van der Waals surface area (Å²) in [4.78, 5) is 2.76. The van der Waals surface area contributed by atoms with Gasteiger partial charge in [0.1, 0.15) is 0 Å². The van der Waals surface area contributed by atoms with Gasteiger partial charge in [0.25, 0.3) is 0 Å². The zero-order chi connectivity index (χ0) is 13.5. The lowest BCUT2D eigenvalue weighted by Gasteiger charge is -2.35. The summed E-state index contributed by atoms with van der Waals surface area (Å²) < 4.78 is 0. The number of piperidine rings is 1. The summed E-state index contributed by atoms with van der Waals surface area (Å²) in [7, 11) is 0. The highest BCUT2D eigenvalue weighted by Crippen LogP contribution is 2.29. The number of nitrogens with one attached hydrogen (secondary N) is 1. The van der Waals surface area contributed by atoms with Gasteiger partial charge in [-0.2, -0.15) is 0 Å². The van der Waals surface area contributed by atoms with E-state index in [9.17, 15) is 0 Å². The highest BCUT2D eigenvalue weighted by atomic mass is 15.1. The first-order valence-electron chi connectivity index (χ1n) is 8.73. The average Bonchev–Trinajstić information content (AvgIpc) is 2.40. The first kappa shape index (κ1) is 15.3. The lowest BCUT2D eigenvalue weighted by atomic mass is 9.82. The molecule has 2 rings (SSSR count). The second-order valence-electron chi connectivity index (χ2n) is 7.04. The zero-order valence-corrected chi connectivity index (χ0v) is 13.2. The summed E-state index contributed by atoms with van der Waals surface area (Å²) in [6, 6.07) is 0.765. The molecule has 0 radical (unpaired) electrons. The predicted octanol–water partition coefficient (Wildman–Crippen LogP) is 3.67. The van der Waals surface area contributed by atoms with E-state index in [0.717, 1.165) is 17.9 Å². The van der Waals surface area contributed by atoms with Crippen molar-refractivity contribution in [3.63, 3.8) is 0 Å². The zero-order valence-electron chi connectivity index (χ0n) is 13.2. The molecule has 3 atom stereocenters. The van der Waals surface area contributed by atoms with E-state index in [1.807, 2.05) is 0 Å². The van der Waals surface area contributed by atoms with Gasteiger partial charge >= 0.3 is 0 Å². The highest BCUT2D eigenvalue weighted by molar-refractivity contribution is 4.79. The third-order valence-electron chi connectivity index (χ3n) is 4.99. The van der Waals surface area contributed by atoms with Crippen molar-refractivity contribution in [1.29, 1.82) is 0 Å². The summed E-state index contributed by atoms with van der Waals surface area (Å²) in [6.07, 6.45) is 11.4. The molecule has 1 heterocycles. The molecule has 0 amide bonds. The van der Waals surface area contributed by atoms with Gasteiger partial charge in [-0.25, -0.2) is 0 Å². The quantitative estimate of drug-likeness (QED) is 0.789. The Morgan fingerprint density at radius 1 is 1.05 bits per heavy atom. The molecule has 1 aliphatic heterocycles. The SMILES string of the molecule is CCCN(CC1CCCC(C)C1)CC1CCCCN1. The summed E-state index contributed by atoms with van der Waals surface area (Å²) >= 11 is 0. The molecule has 2 nitrogen and oxygen atoms in total. The van der Waals surface area contributed by atoms with Crippen LogP contribution in [0.5, 0.6) is 0 Å². The van der Waals surface area contributed by atoms with Crippen LogP contribution in [0.2, 0.25) is 0 Å². The standard InChI is InChI=1S/C17H34N2/c1-3-11-19(14-17-9-4-5-10-18-17)13-16-8-6-7-15(2)12-16/h15-18H,3-14H2,1-2H3. The van der Waals surface area contributed by atoms with E-state index in [1.165, 1.54) is 77.5 Å². The molecule has 1 aliphatic carbocycles. The van der Waals surface area contributed by atoms with Crippen LogP contribution >= 0.6 is 0 Å². The lowest BCUT2D eigenvalue weighted by molar-refractivity contribution is 0.160. The van der Waals surface area contributed by atoms with Gasteiger partial charge in [-0.15, -0.1) is 0 Å². The molecule has 2 heteroatoms. The van der Waals surface area contributed by atoms with Gasteiger partial charge in [0.2, 0.25) is 0 Å². The molecule has 112 valence electrons. The smallest absolute Gasteiger partial charge is 0.0195 e. The Morgan fingerprint density at radius 3 is 2.63 bits per heavy atom. The number of nitrogens with zero attached hydrogens (tertiary/aromatic N) is 1. The van der Waals surface area contributed by atoms with E-state index in [0.29, 0.717) is 0 Å². The summed E-state index contributed by atoms with van der Waals surface area (Å²) in [5, 5.41) is 3.71. The van der Waals surface area contributed by atoms with E-state index < -0.39 is 0 Å². The Morgan fingerprint density at radius 2 is 1.95 bits per heavy atom. The van der Waals surface area contributed by atoms with E-state index >= 15 is 0 Å². The van der Waals surface area contributed by atoms with Gasteiger partial charge in [0.15, 0.2) is 0 Å². The number of hydrogen-bond acceptors (Lipinski definition) is 2. The van der Waals surface area contributed by atoms with Crippen LogP contribution in [0.4, 0.5) is 0 Å². The molecule has 0 spiro atoms. The Balaban J connectivity index is 1.77. The Labute approximate surface area is 120 Å². The van der Waals surface area contributed by atoms with Gasteiger partial charge in [0, 0.05) is 19.1 Å². The first-order valence-corrected chi connectivity index (χ1v) is 8.73. The van der Waals surface area contributed by atoms with Gasteiger partial charge in [-0.3, -0.25) is 0 Å². The average molecular weight is 266 g/mol. The van der Waals surface area contributed by atoms with Crippen LogP contribution in [0.1, 0.15) is 65.2 Å². The van der Waals surface area contributed by atoms with Crippen LogP contribution in [-0.4, -0.2) is 37.1 Å². The Kier molecular flexibility index (Phi) is 6.66. The molecule has 0 aromatic heterocycles. The van der Waals surface area contributed by atoms with E-state index in [1.54, 1.807) is 0 Å². The van der Waals surface area contributed by atoms with Crippen molar-refractivity contribution in [2.45, 2.75) is 71.3 Å². The van der Waals surface area contributed by atoms with Gasteiger partial charge < -0.3 is 10.2 Å². The van der Waals surface area contributed by atoms with Crippen LogP contribution < -0.4 is 5.32 Å². The van der Waals surface area contributed by atoms with Crippen LogP contribution in [-0.2, 0) is 0 Å². The number of hydrogen-bond donors (Lipinski definition) is 1. The topological polar surface area (TPSA) is 15.3 Å². The Hall–Kier alpha value is -0.0800. The molecule has 2 aliphatic rings. The fourth-order valence-corrected chi connectivity index (χ4v) is 4.06.